The van der Waals surface area contributed by atoms with Crippen LogP contribution in [0.2, 0.25) is 5.02 Å². The quantitative estimate of drug-likeness (QED) is 0.790. The average Bonchev–Trinajstić information content (AvgIpc) is 3.04. The zero-order chi connectivity index (χ0) is 17.6. The van der Waals surface area contributed by atoms with Crippen LogP contribution in [0, 0.1) is 0 Å². The Morgan fingerprint density at radius 2 is 2.20 bits per heavy atom. The van der Waals surface area contributed by atoms with Crippen LogP contribution in [-0.2, 0) is 11.2 Å². The van der Waals surface area contributed by atoms with Crippen molar-refractivity contribution in [3.8, 4) is 0 Å². The van der Waals surface area contributed by atoms with E-state index >= 15 is 0 Å². The van der Waals surface area contributed by atoms with Crippen molar-refractivity contribution in [1.82, 2.24) is 9.97 Å². The lowest BCUT2D eigenvalue weighted by molar-refractivity contribution is 0.180. The third kappa shape index (κ3) is 4.61. The summed E-state index contributed by atoms with van der Waals surface area (Å²) >= 11 is 6.08. The third-order valence-electron chi connectivity index (χ3n) is 4.38. The van der Waals surface area contributed by atoms with E-state index in [1.54, 1.807) is 7.11 Å². The Morgan fingerprint density at radius 1 is 1.32 bits per heavy atom. The second-order valence-electron chi connectivity index (χ2n) is 6.37. The van der Waals surface area contributed by atoms with E-state index in [0.717, 1.165) is 56.0 Å². The van der Waals surface area contributed by atoms with Crippen LogP contribution in [0.1, 0.15) is 31.9 Å². The lowest BCUT2D eigenvalue weighted by atomic mass is 10.2. The van der Waals surface area contributed by atoms with Gasteiger partial charge >= 0.3 is 0 Å². The molecule has 1 aliphatic heterocycles. The lowest BCUT2D eigenvalue weighted by Crippen LogP contribution is -2.33. The molecule has 6 heteroatoms. The molecule has 25 heavy (non-hydrogen) atoms. The first-order valence-electron chi connectivity index (χ1n) is 8.85. The fourth-order valence-corrected chi connectivity index (χ4v) is 3.46. The van der Waals surface area contributed by atoms with Crippen molar-refractivity contribution in [2.24, 2.45) is 0 Å². The van der Waals surface area contributed by atoms with Crippen molar-refractivity contribution in [3.05, 3.63) is 41.0 Å². The molecule has 1 aliphatic rings. The summed E-state index contributed by atoms with van der Waals surface area (Å²) in [5, 5.41) is 3.98. The number of aryl methyl sites for hydroxylation is 1. The molecule has 0 aliphatic carbocycles. The fourth-order valence-electron chi connectivity index (χ4n) is 3.27. The summed E-state index contributed by atoms with van der Waals surface area (Å²) in [6.45, 7) is 3.90. The number of hydrogen-bond acceptors (Lipinski definition) is 5. The minimum Gasteiger partial charge on any atom is -0.383 e. The van der Waals surface area contributed by atoms with Crippen LogP contribution in [0.4, 0.5) is 17.5 Å². The molecule has 3 rings (SSSR count). The minimum absolute atomic E-state index is 0.383. The Hall–Kier alpha value is -1.85. The molecule has 0 amide bonds. The molecule has 0 bridgehead atoms. The van der Waals surface area contributed by atoms with Crippen LogP contribution in [0.25, 0.3) is 0 Å². The molecule has 2 aromatic rings. The molecule has 134 valence electrons. The number of nitrogens with one attached hydrogen (secondary N) is 1. The zero-order valence-electron chi connectivity index (χ0n) is 14.8. The van der Waals surface area contributed by atoms with E-state index < -0.39 is 0 Å². The number of aromatic nitrogens is 2. The maximum Gasteiger partial charge on any atom is 0.229 e. The number of rotatable bonds is 7. The van der Waals surface area contributed by atoms with Gasteiger partial charge in [0.05, 0.1) is 12.6 Å². The number of ether oxygens (including phenoxy) is 1. The van der Waals surface area contributed by atoms with Gasteiger partial charge in [-0.3, -0.25) is 0 Å². The number of methoxy groups -OCH3 is 1. The summed E-state index contributed by atoms with van der Waals surface area (Å²) in [6, 6.07) is 10.1. The standard InChI is InChI=1S/C19H25ClN4O/c1-3-6-15-12-18(24-10-5-9-17(24)13-25-2)23-19(21-15)22-16-8-4-7-14(20)11-16/h4,7-8,11-12,17H,3,5-6,9-10,13H2,1-2H3,(H,21,22,23)/t17-/m0/s1. The first-order valence-corrected chi connectivity index (χ1v) is 9.23. The zero-order valence-corrected chi connectivity index (χ0v) is 15.6. The Balaban J connectivity index is 1.89. The third-order valence-corrected chi connectivity index (χ3v) is 4.62. The van der Waals surface area contributed by atoms with Gasteiger partial charge in [0, 0.05) is 36.1 Å². The fraction of sp³-hybridized carbons (Fsp3) is 0.474. The summed E-state index contributed by atoms with van der Waals surface area (Å²) in [5.41, 5.74) is 1.95. The maximum absolute atomic E-state index is 6.08. The molecular weight excluding hydrogens is 336 g/mol. The van der Waals surface area contributed by atoms with E-state index in [1.807, 2.05) is 24.3 Å². The molecule has 5 nitrogen and oxygen atoms in total. The van der Waals surface area contributed by atoms with E-state index in [9.17, 15) is 0 Å². The molecule has 1 aromatic heterocycles. The molecule has 0 spiro atoms. The molecule has 1 N–H and O–H groups in total. The van der Waals surface area contributed by atoms with Gasteiger partial charge in [-0.1, -0.05) is 31.0 Å². The highest BCUT2D eigenvalue weighted by Crippen LogP contribution is 2.27. The van der Waals surface area contributed by atoms with E-state index in [-0.39, 0.29) is 0 Å². The smallest absolute Gasteiger partial charge is 0.229 e. The summed E-state index contributed by atoms with van der Waals surface area (Å²) in [5.74, 6) is 1.59. The van der Waals surface area contributed by atoms with Crippen LogP contribution < -0.4 is 10.2 Å². The van der Waals surface area contributed by atoms with Crippen LogP contribution in [-0.4, -0.2) is 36.3 Å². The number of hydrogen-bond donors (Lipinski definition) is 1. The first kappa shape index (κ1) is 18.0. The summed E-state index contributed by atoms with van der Waals surface area (Å²) in [6.07, 6.45) is 4.29. The topological polar surface area (TPSA) is 50.3 Å². The van der Waals surface area contributed by atoms with Crippen molar-refractivity contribution in [3.63, 3.8) is 0 Å². The molecular formula is C19H25ClN4O. The molecule has 0 saturated carbocycles. The van der Waals surface area contributed by atoms with Gasteiger partial charge in [-0.05, 0) is 37.5 Å². The summed E-state index contributed by atoms with van der Waals surface area (Å²) in [4.78, 5) is 11.8. The molecule has 2 heterocycles. The van der Waals surface area contributed by atoms with Gasteiger partial charge in [-0.15, -0.1) is 0 Å². The highest BCUT2D eigenvalue weighted by molar-refractivity contribution is 6.30. The normalized spacial score (nSPS) is 17.1. The largest absolute Gasteiger partial charge is 0.383 e. The summed E-state index contributed by atoms with van der Waals surface area (Å²) < 4.78 is 5.38. The van der Waals surface area contributed by atoms with Gasteiger partial charge < -0.3 is 15.0 Å². The second-order valence-corrected chi connectivity index (χ2v) is 6.81. The van der Waals surface area contributed by atoms with Crippen molar-refractivity contribution in [2.75, 3.05) is 30.5 Å². The molecule has 0 unspecified atom stereocenters. The van der Waals surface area contributed by atoms with E-state index in [0.29, 0.717) is 17.0 Å². The van der Waals surface area contributed by atoms with Crippen LogP contribution in [0.3, 0.4) is 0 Å². The van der Waals surface area contributed by atoms with E-state index in [2.05, 4.69) is 28.2 Å². The highest BCUT2D eigenvalue weighted by Gasteiger charge is 2.26. The van der Waals surface area contributed by atoms with Crippen LogP contribution in [0.5, 0.6) is 0 Å². The first-order chi connectivity index (χ1) is 12.2. The van der Waals surface area contributed by atoms with Gasteiger partial charge in [0.25, 0.3) is 0 Å². The Bertz CT molecular complexity index is 710. The van der Waals surface area contributed by atoms with Gasteiger partial charge in [0.15, 0.2) is 0 Å². The molecule has 1 aromatic carbocycles. The van der Waals surface area contributed by atoms with Crippen LogP contribution in [0.15, 0.2) is 30.3 Å². The predicted molar refractivity (Wildman–Crippen MR) is 103 cm³/mol. The van der Waals surface area contributed by atoms with Crippen molar-refractivity contribution in [2.45, 2.75) is 38.6 Å². The SMILES string of the molecule is CCCc1cc(N2CCC[C@H]2COC)nc(Nc2cccc(Cl)c2)n1. The number of benzene rings is 1. The van der Waals surface area contributed by atoms with Gasteiger partial charge in [-0.25, -0.2) is 4.98 Å². The molecule has 1 fully saturated rings. The Kier molecular flexibility index (Phi) is 6.10. The van der Waals surface area contributed by atoms with Crippen molar-refractivity contribution >= 4 is 29.1 Å². The molecule has 1 saturated heterocycles. The Morgan fingerprint density at radius 3 is 2.96 bits per heavy atom. The summed E-state index contributed by atoms with van der Waals surface area (Å²) in [7, 11) is 1.76. The van der Waals surface area contributed by atoms with Crippen molar-refractivity contribution < 1.29 is 4.74 Å². The monoisotopic (exact) mass is 360 g/mol. The van der Waals surface area contributed by atoms with E-state index in [1.165, 1.54) is 0 Å². The van der Waals surface area contributed by atoms with Gasteiger partial charge in [0.2, 0.25) is 5.95 Å². The number of halogens is 1. The lowest BCUT2D eigenvalue weighted by Gasteiger charge is -2.26. The maximum atomic E-state index is 6.08. The van der Waals surface area contributed by atoms with Crippen LogP contribution >= 0.6 is 11.6 Å². The molecule has 0 radical (unpaired) electrons. The van der Waals surface area contributed by atoms with E-state index in [4.69, 9.17) is 21.3 Å². The Labute approximate surface area is 154 Å². The second kappa shape index (κ2) is 8.50. The van der Waals surface area contributed by atoms with Gasteiger partial charge in [0.1, 0.15) is 5.82 Å². The van der Waals surface area contributed by atoms with Crippen molar-refractivity contribution in [1.29, 1.82) is 0 Å². The molecule has 1 atom stereocenters. The predicted octanol–water partition coefficient (Wildman–Crippen LogP) is 4.44. The highest BCUT2D eigenvalue weighted by atomic mass is 35.5. The average molecular weight is 361 g/mol. The number of nitrogens with zero attached hydrogens (tertiary/aromatic N) is 3. The minimum atomic E-state index is 0.383. The van der Waals surface area contributed by atoms with Gasteiger partial charge in [-0.2, -0.15) is 4.98 Å². The number of anilines is 3.